The van der Waals surface area contributed by atoms with Gasteiger partial charge in [0.15, 0.2) is 0 Å². The lowest BCUT2D eigenvalue weighted by Crippen LogP contribution is -1.97. The first-order valence-electron chi connectivity index (χ1n) is 6.40. The zero-order valence-electron chi connectivity index (χ0n) is 11.3. The monoisotopic (exact) mass is 288 g/mol. The number of ether oxygens (including phenoxy) is 1. The Kier molecular flexibility index (Phi) is 5.44. The quantitative estimate of drug-likeness (QED) is 0.876. The van der Waals surface area contributed by atoms with E-state index in [1.54, 1.807) is 30.3 Å². The van der Waals surface area contributed by atoms with Gasteiger partial charge in [0.1, 0.15) is 18.2 Å². The fraction of sp³-hybridized carbons (Fsp3) is 0.176. The minimum Gasteiger partial charge on any atom is -0.384 e. The van der Waals surface area contributed by atoms with Crippen LogP contribution in [0, 0.1) is 23.5 Å². The van der Waals surface area contributed by atoms with Gasteiger partial charge in [-0.2, -0.15) is 0 Å². The van der Waals surface area contributed by atoms with E-state index >= 15 is 0 Å². The summed E-state index contributed by atoms with van der Waals surface area (Å²) in [7, 11) is 0. The smallest absolute Gasteiger partial charge is 0.138 e. The maximum atomic E-state index is 13.5. The number of benzene rings is 2. The van der Waals surface area contributed by atoms with Crippen LogP contribution in [0.5, 0.6) is 0 Å². The SMILES string of the molecule is OCC#Cc1cc(COCc2ccccc2F)ccc1F. The Morgan fingerprint density at radius 1 is 1.00 bits per heavy atom. The van der Waals surface area contributed by atoms with Crippen LogP contribution >= 0.6 is 0 Å². The molecule has 1 N–H and O–H groups in total. The van der Waals surface area contributed by atoms with E-state index in [2.05, 4.69) is 11.8 Å². The van der Waals surface area contributed by atoms with E-state index in [1.807, 2.05) is 0 Å². The fourth-order valence-electron chi connectivity index (χ4n) is 1.79. The van der Waals surface area contributed by atoms with Crippen LogP contribution in [0.15, 0.2) is 42.5 Å². The van der Waals surface area contributed by atoms with Gasteiger partial charge in [-0.15, -0.1) is 0 Å². The maximum Gasteiger partial charge on any atom is 0.138 e. The maximum absolute atomic E-state index is 13.5. The summed E-state index contributed by atoms with van der Waals surface area (Å²) >= 11 is 0. The van der Waals surface area contributed by atoms with Crippen molar-refractivity contribution in [2.75, 3.05) is 6.61 Å². The van der Waals surface area contributed by atoms with Crippen LogP contribution in [0.3, 0.4) is 0 Å². The van der Waals surface area contributed by atoms with Crippen LogP contribution in [-0.2, 0) is 18.0 Å². The molecule has 0 aliphatic heterocycles. The fourth-order valence-corrected chi connectivity index (χ4v) is 1.79. The largest absolute Gasteiger partial charge is 0.384 e. The van der Waals surface area contributed by atoms with E-state index in [0.29, 0.717) is 5.56 Å². The molecule has 2 aromatic rings. The molecule has 0 aromatic heterocycles. The van der Waals surface area contributed by atoms with Crippen molar-refractivity contribution in [2.24, 2.45) is 0 Å². The van der Waals surface area contributed by atoms with Gasteiger partial charge in [0, 0.05) is 5.56 Å². The normalized spacial score (nSPS) is 10.0. The van der Waals surface area contributed by atoms with Crippen molar-refractivity contribution in [3.63, 3.8) is 0 Å². The Morgan fingerprint density at radius 2 is 1.81 bits per heavy atom. The summed E-state index contributed by atoms with van der Waals surface area (Å²) < 4.78 is 32.3. The Labute approximate surface area is 122 Å². The number of hydrogen-bond acceptors (Lipinski definition) is 2. The van der Waals surface area contributed by atoms with Crippen LogP contribution in [-0.4, -0.2) is 11.7 Å². The Bertz CT molecular complexity index is 672. The van der Waals surface area contributed by atoms with Gasteiger partial charge in [-0.05, 0) is 23.8 Å². The molecule has 0 atom stereocenters. The average Bonchev–Trinajstić information content (AvgIpc) is 2.49. The minimum absolute atomic E-state index is 0.141. The van der Waals surface area contributed by atoms with Crippen molar-refractivity contribution in [2.45, 2.75) is 13.2 Å². The van der Waals surface area contributed by atoms with Crippen LogP contribution in [0.25, 0.3) is 0 Å². The topological polar surface area (TPSA) is 29.5 Å². The Balaban J connectivity index is 1.99. The molecule has 0 saturated carbocycles. The van der Waals surface area contributed by atoms with E-state index in [4.69, 9.17) is 9.84 Å². The van der Waals surface area contributed by atoms with E-state index in [0.717, 1.165) is 5.56 Å². The number of hydrogen-bond donors (Lipinski definition) is 1. The molecular weight excluding hydrogens is 274 g/mol. The van der Waals surface area contributed by atoms with E-state index in [-0.39, 0.29) is 31.2 Å². The van der Waals surface area contributed by atoms with Crippen molar-refractivity contribution < 1.29 is 18.6 Å². The molecule has 0 aliphatic rings. The summed E-state index contributed by atoms with van der Waals surface area (Å²) in [4.78, 5) is 0. The molecule has 108 valence electrons. The van der Waals surface area contributed by atoms with Crippen LogP contribution < -0.4 is 0 Å². The predicted molar refractivity (Wildman–Crippen MR) is 75.3 cm³/mol. The van der Waals surface area contributed by atoms with Crippen molar-refractivity contribution in [3.8, 4) is 11.8 Å². The summed E-state index contributed by atoms with van der Waals surface area (Å²) in [6.07, 6.45) is 0. The molecular formula is C17H14F2O2. The van der Waals surface area contributed by atoms with Gasteiger partial charge < -0.3 is 9.84 Å². The van der Waals surface area contributed by atoms with Gasteiger partial charge in [-0.3, -0.25) is 0 Å². The first kappa shape index (κ1) is 15.2. The zero-order valence-corrected chi connectivity index (χ0v) is 11.3. The van der Waals surface area contributed by atoms with Crippen molar-refractivity contribution >= 4 is 0 Å². The zero-order chi connectivity index (χ0) is 15.1. The summed E-state index contributed by atoms with van der Waals surface area (Å²) in [5.41, 5.74) is 1.41. The molecule has 0 radical (unpaired) electrons. The highest BCUT2D eigenvalue weighted by Crippen LogP contribution is 2.13. The van der Waals surface area contributed by atoms with Gasteiger partial charge in [0.2, 0.25) is 0 Å². The summed E-state index contributed by atoms with van der Waals surface area (Å²) in [6, 6.07) is 10.8. The van der Waals surface area contributed by atoms with E-state index in [9.17, 15) is 8.78 Å². The molecule has 0 saturated heterocycles. The predicted octanol–water partition coefficient (Wildman–Crippen LogP) is 3.03. The average molecular weight is 288 g/mol. The molecule has 0 unspecified atom stereocenters. The highest BCUT2D eigenvalue weighted by molar-refractivity contribution is 5.38. The van der Waals surface area contributed by atoms with Crippen LogP contribution in [0.1, 0.15) is 16.7 Å². The summed E-state index contributed by atoms with van der Waals surface area (Å²) in [6.45, 7) is 0.0393. The number of rotatable bonds is 4. The van der Waals surface area contributed by atoms with Crippen molar-refractivity contribution in [1.82, 2.24) is 0 Å². The Morgan fingerprint density at radius 3 is 2.57 bits per heavy atom. The molecule has 0 aliphatic carbocycles. The van der Waals surface area contributed by atoms with Gasteiger partial charge in [0.05, 0.1) is 18.8 Å². The lowest BCUT2D eigenvalue weighted by Gasteiger charge is -2.06. The molecule has 2 rings (SSSR count). The molecule has 0 spiro atoms. The molecule has 4 heteroatoms. The van der Waals surface area contributed by atoms with Crippen LogP contribution in [0.4, 0.5) is 8.78 Å². The van der Waals surface area contributed by atoms with Gasteiger partial charge in [-0.1, -0.05) is 36.1 Å². The van der Waals surface area contributed by atoms with Crippen molar-refractivity contribution in [1.29, 1.82) is 0 Å². The lowest BCUT2D eigenvalue weighted by molar-refractivity contribution is 0.105. The van der Waals surface area contributed by atoms with Crippen LogP contribution in [0.2, 0.25) is 0 Å². The molecule has 0 amide bonds. The second-order valence-electron chi connectivity index (χ2n) is 4.36. The lowest BCUT2D eigenvalue weighted by atomic mass is 10.1. The van der Waals surface area contributed by atoms with Gasteiger partial charge >= 0.3 is 0 Å². The van der Waals surface area contributed by atoms with E-state index in [1.165, 1.54) is 12.1 Å². The molecule has 0 fully saturated rings. The first-order valence-corrected chi connectivity index (χ1v) is 6.40. The molecule has 2 aromatic carbocycles. The second kappa shape index (κ2) is 7.53. The third kappa shape index (κ3) is 4.38. The minimum atomic E-state index is -0.450. The number of aliphatic hydroxyl groups is 1. The Hall–Kier alpha value is -2.22. The highest BCUT2D eigenvalue weighted by atomic mass is 19.1. The van der Waals surface area contributed by atoms with E-state index < -0.39 is 5.82 Å². The third-order valence-corrected chi connectivity index (χ3v) is 2.82. The second-order valence-corrected chi connectivity index (χ2v) is 4.36. The summed E-state index contributed by atoms with van der Waals surface area (Å²) in [5, 5.41) is 8.62. The summed E-state index contributed by atoms with van der Waals surface area (Å²) in [5.74, 6) is 4.16. The van der Waals surface area contributed by atoms with Gasteiger partial charge in [-0.25, -0.2) is 8.78 Å². The number of aliphatic hydroxyl groups excluding tert-OH is 1. The van der Waals surface area contributed by atoms with Crippen molar-refractivity contribution in [3.05, 3.63) is 70.8 Å². The molecule has 0 bridgehead atoms. The number of halogens is 2. The highest BCUT2D eigenvalue weighted by Gasteiger charge is 2.03. The standard InChI is InChI=1S/C17H14F2O2/c18-16-6-2-1-4-15(16)12-21-11-13-7-8-17(19)14(10-13)5-3-9-20/h1-2,4,6-8,10,20H,9,11-12H2. The molecule has 0 heterocycles. The molecule has 21 heavy (non-hydrogen) atoms. The third-order valence-electron chi connectivity index (χ3n) is 2.82. The first-order chi connectivity index (χ1) is 10.2. The van der Waals surface area contributed by atoms with Gasteiger partial charge in [0.25, 0.3) is 0 Å². The molecule has 2 nitrogen and oxygen atoms in total.